The van der Waals surface area contributed by atoms with Gasteiger partial charge in [-0.15, -0.1) is 0 Å². The lowest BCUT2D eigenvalue weighted by molar-refractivity contribution is -0.141. The Hall–Kier alpha value is -2.53. The summed E-state index contributed by atoms with van der Waals surface area (Å²) in [5, 5.41) is 0. The highest BCUT2D eigenvalue weighted by molar-refractivity contribution is 7.85. The molecule has 7 nitrogen and oxygen atoms in total. The van der Waals surface area contributed by atoms with Gasteiger partial charge in [-0.3, -0.25) is 8.61 Å². The molecular weight excluding hydrogens is 397 g/mol. The molecule has 0 saturated heterocycles. The lowest BCUT2D eigenvalue weighted by atomic mass is 10.3. The van der Waals surface area contributed by atoms with Crippen molar-refractivity contribution in [3.8, 4) is 17.1 Å². The molecular formula is C17H19F3N4O3S. The minimum absolute atomic E-state index is 0. The number of imidazole rings is 1. The number of rotatable bonds is 5. The summed E-state index contributed by atoms with van der Waals surface area (Å²) < 4.78 is 58.0. The summed E-state index contributed by atoms with van der Waals surface area (Å²) in [6, 6.07) is 2.49. The molecule has 0 aliphatic heterocycles. The first-order valence-electron chi connectivity index (χ1n) is 8.16. The molecule has 1 unspecified atom stereocenters. The van der Waals surface area contributed by atoms with Gasteiger partial charge in [0, 0.05) is 24.1 Å². The largest absolute Gasteiger partial charge is 0.489 e. The first kappa shape index (κ1) is 21.8. The van der Waals surface area contributed by atoms with Crippen molar-refractivity contribution in [2.75, 3.05) is 5.75 Å². The van der Waals surface area contributed by atoms with Crippen LogP contribution in [-0.4, -0.2) is 40.9 Å². The van der Waals surface area contributed by atoms with Crippen molar-refractivity contribution in [1.82, 2.24) is 19.4 Å². The Labute approximate surface area is 161 Å². The van der Waals surface area contributed by atoms with E-state index in [2.05, 4.69) is 15.0 Å². The number of halogens is 3. The Morgan fingerprint density at radius 2 is 1.96 bits per heavy atom. The van der Waals surface area contributed by atoms with Crippen LogP contribution in [0.15, 0.2) is 35.7 Å². The van der Waals surface area contributed by atoms with E-state index < -0.39 is 22.7 Å². The predicted octanol–water partition coefficient (Wildman–Crippen LogP) is 2.90. The fourth-order valence-electron chi connectivity index (χ4n) is 2.44. The minimum Gasteiger partial charge on any atom is -0.489 e. The molecule has 3 rings (SSSR count). The summed E-state index contributed by atoms with van der Waals surface area (Å²) >= 11 is 0. The van der Waals surface area contributed by atoms with E-state index in [1.54, 1.807) is 13.0 Å². The van der Waals surface area contributed by atoms with Gasteiger partial charge in [-0.05, 0) is 13.8 Å². The maximum absolute atomic E-state index is 12.8. The minimum atomic E-state index is -4.56. The average molecular weight is 416 g/mol. The van der Waals surface area contributed by atoms with Crippen LogP contribution in [0.2, 0.25) is 0 Å². The van der Waals surface area contributed by atoms with Crippen molar-refractivity contribution >= 4 is 16.4 Å². The molecule has 0 aliphatic rings. The van der Waals surface area contributed by atoms with Crippen LogP contribution in [-0.2, 0) is 17.0 Å². The number of hydrogen-bond donors (Lipinski definition) is 0. The second kappa shape index (κ2) is 8.23. The maximum atomic E-state index is 12.8. The molecule has 2 N–H and O–H groups in total. The Kier molecular flexibility index (Phi) is 6.40. The van der Waals surface area contributed by atoms with E-state index in [4.69, 9.17) is 4.74 Å². The molecule has 0 saturated carbocycles. The van der Waals surface area contributed by atoms with E-state index in [-0.39, 0.29) is 17.2 Å². The Balaban J connectivity index is 0.00000280. The highest BCUT2D eigenvalue weighted by Gasteiger charge is 2.33. The van der Waals surface area contributed by atoms with Gasteiger partial charge in [0.05, 0.1) is 28.0 Å². The van der Waals surface area contributed by atoms with Crippen molar-refractivity contribution in [2.24, 2.45) is 0 Å². The number of fused-ring (bicyclic) bond motifs is 1. The molecule has 28 heavy (non-hydrogen) atoms. The molecule has 0 bridgehead atoms. The van der Waals surface area contributed by atoms with Crippen molar-refractivity contribution in [3.05, 3.63) is 36.5 Å². The van der Waals surface area contributed by atoms with Crippen LogP contribution < -0.4 is 4.74 Å². The lowest BCUT2D eigenvalue weighted by Gasteiger charge is -2.12. The molecule has 3 aromatic rings. The first-order chi connectivity index (χ1) is 12.7. The van der Waals surface area contributed by atoms with Gasteiger partial charge >= 0.3 is 6.18 Å². The smallest absolute Gasteiger partial charge is 0.433 e. The fraction of sp³-hybridized carbons (Fsp3) is 0.353. The topological polar surface area (TPSA) is 101 Å². The van der Waals surface area contributed by atoms with Crippen LogP contribution in [0.4, 0.5) is 13.2 Å². The zero-order valence-electron chi connectivity index (χ0n) is 15.3. The summed E-state index contributed by atoms with van der Waals surface area (Å²) in [6.07, 6.45) is -0.611. The molecule has 3 heterocycles. The summed E-state index contributed by atoms with van der Waals surface area (Å²) in [5.41, 5.74) is -0.310. The molecule has 152 valence electrons. The Bertz CT molecular complexity index is 1000. The third-order valence-electron chi connectivity index (χ3n) is 3.59. The maximum Gasteiger partial charge on any atom is 0.433 e. The van der Waals surface area contributed by atoms with E-state index in [1.807, 2.05) is 13.8 Å². The van der Waals surface area contributed by atoms with Crippen LogP contribution in [0.1, 0.15) is 26.5 Å². The third kappa shape index (κ3) is 4.47. The van der Waals surface area contributed by atoms with Crippen LogP contribution in [0.5, 0.6) is 5.75 Å². The number of aromatic nitrogens is 4. The van der Waals surface area contributed by atoms with Gasteiger partial charge in [0.1, 0.15) is 34.8 Å². The SMILES string of the molecule is CCS(=O)c1cc(OC(C)C)cnc1-c1cn2cnc(C(F)(F)F)cc2n1.O. The molecule has 3 aromatic heterocycles. The lowest BCUT2D eigenvalue weighted by Crippen LogP contribution is -2.08. The normalized spacial score (nSPS) is 12.8. The van der Waals surface area contributed by atoms with E-state index in [1.165, 1.54) is 16.8 Å². The molecule has 0 radical (unpaired) electrons. The summed E-state index contributed by atoms with van der Waals surface area (Å²) in [6.45, 7) is 5.48. The molecule has 0 amide bonds. The van der Waals surface area contributed by atoms with E-state index >= 15 is 0 Å². The van der Waals surface area contributed by atoms with Gasteiger partial charge in [0.15, 0.2) is 0 Å². The van der Waals surface area contributed by atoms with Crippen LogP contribution in [0.3, 0.4) is 0 Å². The van der Waals surface area contributed by atoms with Crippen molar-refractivity contribution in [2.45, 2.75) is 37.9 Å². The molecule has 1 atom stereocenters. The van der Waals surface area contributed by atoms with Gasteiger partial charge in [-0.2, -0.15) is 13.2 Å². The van der Waals surface area contributed by atoms with Gasteiger partial charge in [-0.25, -0.2) is 15.0 Å². The number of hydrogen-bond acceptors (Lipinski definition) is 5. The standard InChI is InChI=1S/C17H17F3N4O2S.H2O/c1-4-27(25)13-5-11(26-10(2)3)7-21-16(13)12-8-24-9-22-14(17(18,19)20)6-15(24)23-12;/h5-10H,4H2,1-3H3;1H2. The first-order valence-corrected chi connectivity index (χ1v) is 9.48. The van der Waals surface area contributed by atoms with E-state index in [9.17, 15) is 17.4 Å². The predicted molar refractivity (Wildman–Crippen MR) is 97.5 cm³/mol. The zero-order valence-corrected chi connectivity index (χ0v) is 16.1. The molecule has 0 fully saturated rings. The number of ether oxygens (including phenoxy) is 1. The quantitative estimate of drug-likeness (QED) is 0.637. The van der Waals surface area contributed by atoms with Gasteiger partial charge < -0.3 is 10.2 Å². The Morgan fingerprint density at radius 1 is 1.25 bits per heavy atom. The second-order valence-corrected chi connectivity index (χ2v) is 7.69. The van der Waals surface area contributed by atoms with Crippen molar-refractivity contribution in [1.29, 1.82) is 0 Å². The van der Waals surface area contributed by atoms with E-state index in [0.717, 1.165) is 12.4 Å². The highest BCUT2D eigenvalue weighted by atomic mass is 32.2. The van der Waals surface area contributed by atoms with Crippen molar-refractivity contribution < 1.29 is 27.6 Å². The second-order valence-electron chi connectivity index (χ2n) is 5.98. The monoisotopic (exact) mass is 416 g/mol. The summed E-state index contributed by atoms with van der Waals surface area (Å²) in [4.78, 5) is 12.3. The van der Waals surface area contributed by atoms with Crippen molar-refractivity contribution in [3.63, 3.8) is 0 Å². The molecule has 11 heteroatoms. The van der Waals surface area contributed by atoms with Crippen LogP contribution in [0, 0.1) is 0 Å². The number of nitrogens with zero attached hydrogens (tertiary/aromatic N) is 4. The molecule has 0 aromatic carbocycles. The highest BCUT2D eigenvalue weighted by Crippen LogP contribution is 2.30. The van der Waals surface area contributed by atoms with Gasteiger partial charge in [-0.1, -0.05) is 6.92 Å². The number of alkyl halides is 3. The molecule has 0 spiro atoms. The summed E-state index contributed by atoms with van der Waals surface area (Å²) in [7, 11) is -1.36. The third-order valence-corrected chi connectivity index (χ3v) is 4.91. The van der Waals surface area contributed by atoms with Gasteiger partial charge in [0.2, 0.25) is 0 Å². The van der Waals surface area contributed by atoms with Gasteiger partial charge in [0.25, 0.3) is 0 Å². The van der Waals surface area contributed by atoms with Crippen LogP contribution in [0.25, 0.3) is 17.0 Å². The number of pyridine rings is 1. The Morgan fingerprint density at radius 3 is 2.57 bits per heavy atom. The average Bonchev–Trinajstić information content (AvgIpc) is 3.02. The van der Waals surface area contributed by atoms with E-state index in [0.29, 0.717) is 27.8 Å². The fourth-order valence-corrected chi connectivity index (χ4v) is 3.38. The summed E-state index contributed by atoms with van der Waals surface area (Å²) in [5.74, 6) is 0.822. The van der Waals surface area contributed by atoms with Crippen LogP contribution >= 0.6 is 0 Å². The molecule has 0 aliphatic carbocycles. The zero-order chi connectivity index (χ0) is 19.8.